The third-order valence-electron chi connectivity index (χ3n) is 3.72. The quantitative estimate of drug-likeness (QED) is 0.915. The number of rotatable bonds is 5. The van der Waals surface area contributed by atoms with Crippen LogP contribution in [0.1, 0.15) is 22.4 Å². The number of fused-ring (bicyclic) bond motifs is 1. The number of hydrogen-bond donors (Lipinski definition) is 1. The van der Waals surface area contributed by atoms with Gasteiger partial charge in [0.05, 0.1) is 12.7 Å². The van der Waals surface area contributed by atoms with Crippen molar-refractivity contribution in [3.05, 3.63) is 40.3 Å². The molecular weight excluding hydrogens is 312 g/mol. The van der Waals surface area contributed by atoms with Crippen LogP contribution in [0.25, 0.3) is 0 Å². The van der Waals surface area contributed by atoms with E-state index in [2.05, 4.69) is 11.4 Å². The number of hydrogen-bond acceptors (Lipinski definition) is 5. The number of benzene rings is 1. The Hall–Kier alpha value is -2.52. The molecule has 1 aromatic carbocycles. The Kier molecular flexibility index (Phi) is 4.49. The highest BCUT2D eigenvalue weighted by Gasteiger charge is 2.23. The van der Waals surface area contributed by atoms with E-state index in [0.29, 0.717) is 16.3 Å². The summed E-state index contributed by atoms with van der Waals surface area (Å²) in [5.41, 5.74) is 1.71. The summed E-state index contributed by atoms with van der Waals surface area (Å²) in [4.78, 5) is 13.3. The van der Waals surface area contributed by atoms with Crippen molar-refractivity contribution in [1.29, 1.82) is 5.26 Å². The number of ether oxygens (including phenoxy) is 2. The van der Waals surface area contributed by atoms with Crippen LogP contribution in [0.15, 0.2) is 24.3 Å². The van der Waals surface area contributed by atoms with E-state index in [1.807, 2.05) is 0 Å². The molecule has 0 saturated heterocycles. The average Bonchev–Trinajstić information content (AvgIpc) is 3.14. The van der Waals surface area contributed by atoms with Gasteiger partial charge in [-0.2, -0.15) is 5.26 Å². The van der Waals surface area contributed by atoms with Crippen molar-refractivity contribution in [3.63, 3.8) is 0 Å². The van der Waals surface area contributed by atoms with E-state index in [1.165, 1.54) is 16.2 Å². The van der Waals surface area contributed by atoms with Gasteiger partial charge in [0.2, 0.25) is 0 Å². The summed E-state index contributed by atoms with van der Waals surface area (Å²) in [6.45, 7) is -0.0975. The number of nitrogens with zero attached hydrogens (tertiary/aromatic N) is 1. The number of carbonyl (C=O) groups excluding carboxylic acids is 1. The Morgan fingerprint density at radius 2 is 2.04 bits per heavy atom. The van der Waals surface area contributed by atoms with Gasteiger partial charge in [-0.15, -0.1) is 11.3 Å². The molecule has 23 heavy (non-hydrogen) atoms. The fourth-order valence-corrected chi connectivity index (χ4v) is 3.85. The van der Waals surface area contributed by atoms with Crippen molar-refractivity contribution in [2.45, 2.75) is 19.3 Å². The summed E-state index contributed by atoms with van der Waals surface area (Å²) in [7, 11) is 1.59. The van der Waals surface area contributed by atoms with Gasteiger partial charge in [-0.25, -0.2) is 0 Å². The van der Waals surface area contributed by atoms with Crippen molar-refractivity contribution in [1.82, 2.24) is 0 Å². The molecule has 6 heteroatoms. The summed E-state index contributed by atoms with van der Waals surface area (Å²) in [5.74, 6) is 1.06. The van der Waals surface area contributed by atoms with Gasteiger partial charge in [0.15, 0.2) is 6.61 Å². The normalized spacial score (nSPS) is 12.3. The summed E-state index contributed by atoms with van der Waals surface area (Å²) < 4.78 is 10.5. The van der Waals surface area contributed by atoms with Crippen molar-refractivity contribution in [2.24, 2.45) is 0 Å². The lowest BCUT2D eigenvalue weighted by molar-refractivity contribution is -0.118. The SMILES string of the molecule is COc1ccc(OCC(=O)Nc2sc3c(c2C#N)CCC3)cc1. The topological polar surface area (TPSA) is 71.3 Å². The molecular formula is C17H16N2O3S. The maximum absolute atomic E-state index is 12.0. The number of nitrogens with one attached hydrogen (secondary N) is 1. The maximum atomic E-state index is 12.0. The lowest BCUT2D eigenvalue weighted by Gasteiger charge is -2.07. The molecule has 2 aromatic rings. The number of methoxy groups -OCH3 is 1. The first kappa shape index (κ1) is 15.4. The second-order valence-corrected chi connectivity index (χ2v) is 6.29. The summed E-state index contributed by atoms with van der Waals surface area (Å²) in [6.07, 6.45) is 3.00. The number of anilines is 1. The molecule has 1 aliphatic rings. The lowest BCUT2D eigenvalue weighted by atomic mass is 10.1. The zero-order valence-electron chi connectivity index (χ0n) is 12.7. The highest BCUT2D eigenvalue weighted by Crippen LogP contribution is 2.38. The molecule has 5 nitrogen and oxygen atoms in total. The van der Waals surface area contributed by atoms with Crippen LogP contribution < -0.4 is 14.8 Å². The van der Waals surface area contributed by atoms with Gasteiger partial charge in [0, 0.05) is 4.88 Å². The van der Waals surface area contributed by atoms with Crippen LogP contribution in [-0.4, -0.2) is 19.6 Å². The number of nitriles is 1. The van der Waals surface area contributed by atoms with E-state index >= 15 is 0 Å². The van der Waals surface area contributed by atoms with Gasteiger partial charge in [0.25, 0.3) is 5.91 Å². The molecule has 0 saturated carbocycles. The van der Waals surface area contributed by atoms with Crippen LogP contribution in [0.5, 0.6) is 11.5 Å². The minimum Gasteiger partial charge on any atom is -0.497 e. The molecule has 118 valence electrons. The molecule has 0 unspecified atom stereocenters. The third-order valence-corrected chi connectivity index (χ3v) is 4.92. The molecule has 1 aromatic heterocycles. The Bertz CT molecular complexity index is 759. The van der Waals surface area contributed by atoms with Crippen molar-refractivity contribution in [2.75, 3.05) is 19.0 Å². The fraction of sp³-hybridized carbons (Fsp3) is 0.294. The van der Waals surface area contributed by atoms with Crippen molar-refractivity contribution < 1.29 is 14.3 Å². The van der Waals surface area contributed by atoms with Gasteiger partial charge < -0.3 is 14.8 Å². The Balaban J connectivity index is 1.60. The molecule has 0 atom stereocenters. The number of amides is 1. The molecule has 1 N–H and O–H groups in total. The Morgan fingerprint density at radius 3 is 2.74 bits per heavy atom. The molecule has 1 amide bonds. The number of thiophene rings is 1. The van der Waals surface area contributed by atoms with E-state index in [-0.39, 0.29) is 12.5 Å². The van der Waals surface area contributed by atoms with Crippen molar-refractivity contribution in [3.8, 4) is 17.6 Å². The number of carbonyl (C=O) groups is 1. The molecule has 0 radical (unpaired) electrons. The molecule has 1 heterocycles. The molecule has 0 bridgehead atoms. The smallest absolute Gasteiger partial charge is 0.262 e. The third kappa shape index (κ3) is 3.30. The van der Waals surface area contributed by atoms with Crippen LogP contribution in [0.2, 0.25) is 0 Å². The largest absolute Gasteiger partial charge is 0.497 e. The molecule has 0 spiro atoms. The van der Waals surface area contributed by atoms with Crippen LogP contribution in [0, 0.1) is 11.3 Å². The maximum Gasteiger partial charge on any atom is 0.262 e. The minimum absolute atomic E-state index is 0.0975. The standard InChI is InChI=1S/C17H16N2O3S/c1-21-11-5-7-12(8-6-11)22-10-16(20)19-17-14(9-18)13-3-2-4-15(13)23-17/h5-8H,2-4,10H2,1H3,(H,19,20). The molecule has 0 fully saturated rings. The molecule has 0 aliphatic heterocycles. The highest BCUT2D eigenvalue weighted by molar-refractivity contribution is 7.16. The Morgan fingerprint density at radius 1 is 1.30 bits per heavy atom. The first-order valence-electron chi connectivity index (χ1n) is 7.32. The van der Waals surface area contributed by atoms with Crippen LogP contribution in [0.4, 0.5) is 5.00 Å². The second kappa shape index (κ2) is 6.71. The van der Waals surface area contributed by atoms with Gasteiger partial charge in [0.1, 0.15) is 22.6 Å². The van der Waals surface area contributed by atoms with E-state index in [0.717, 1.165) is 30.6 Å². The predicted molar refractivity (Wildman–Crippen MR) is 88.2 cm³/mol. The first-order valence-corrected chi connectivity index (χ1v) is 8.14. The van der Waals surface area contributed by atoms with Gasteiger partial charge in [-0.05, 0) is 49.1 Å². The van der Waals surface area contributed by atoms with Gasteiger partial charge >= 0.3 is 0 Å². The summed E-state index contributed by atoms with van der Waals surface area (Å²) in [6, 6.07) is 9.23. The predicted octanol–water partition coefficient (Wildman–Crippen LogP) is 3.13. The first-order chi connectivity index (χ1) is 11.2. The second-order valence-electron chi connectivity index (χ2n) is 5.19. The van der Waals surface area contributed by atoms with Crippen molar-refractivity contribution >= 4 is 22.2 Å². The van der Waals surface area contributed by atoms with Crippen LogP contribution in [-0.2, 0) is 17.6 Å². The average molecular weight is 328 g/mol. The van der Waals surface area contributed by atoms with E-state index in [1.54, 1.807) is 31.4 Å². The zero-order valence-corrected chi connectivity index (χ0v) is 13.5. The zero-order chi connectivity index (χ0) is 16.2. The number of aryl methyl sites for hydroxylation is 1. The fourth-order valence-electron chi connectivity index (χ4n) is 2.59. The highest BCUT2D eigenvalue weighted by atomic mass is 32.1. The van der Waals surface area contributed by atoms with E-state index in [4.69, 9.17) is 9.47 Å². The molecule has 1 aliphatic carbocycles. The Labute approximate surface area is 138 Å². The van der Waals surface area contributed by atoms with Gasteiger partial charge in [-0.1, -0.05) is 0 Å². The van der Waals surface area contributed by atoms with E-state index < -0.39 is 0 Å². The lowest BCUT2D eigenvalue weighted by Crippen LogP contribution is -2.20. The van der Waals surface area contributed by atoms with E-state index in [9.17, 15) is 10.1 Å². The van der Waals surface area contributed by atoms with Crippen LogP contribution in [0.3, 0.4) is 0 Å². The van der Waals surface area contributed by atoms with Gasteiger partial charge in [-0.3, -0.25) is 4.79 Å². The summed E-state index contributed by atoms with van der Waals surface area (Å²) in [5, 5.41) is 12.7. The minimum atomic E-state index is -0.266. The summed E-state index contributed by atoms with van der Waals surface area (Å²) >= 11 is 1.50. The van der Waals surface area contributed by atoms with Crippen LogP contribution >= 0.6 is 11.3 Å². The monoisotopic (exact) mass is 328 g/mol. The molecule has 3 rings (SSSR count).